The second-order valence-corrected chi connectivity index (χ2v) is 7.32. The third kappa shape index (κ3) is 2.40. The van der Waals surface area contributed by atoms with E-state index in [1.165, 1.54) is 4.57 Å². The van der Waals surface area contributed by atoms with Crippen molar-refractivity contribution in [2.75, 3.05) is 12.3 Å². The molecule has 0 radical (unpaired) electrons. The first-order chi connectivity index (χ1) is 11.3. The van der Waals surface area contributed by atoms with Gasteiger partial charge in [-0.05, 0) is 15.9 Å². The Kier molecular flexibility index (Phi) is 3.58. The second kappa shape index (κ2) is 5.33. The number of anilines is 1. The van der Waals surface area contributed by atoms with E-state index in [-0.39, 0.29) is 28.5 Å². The molecule has 2 saturated heterocycles. The zero-order chi connectivity index (χ0) is 17.2. The predicted molar refractivity (Wildman–Crippen MR) is 78.6 cm³/mol. The van der Waals surface area contributed by atoms with Crippen LogP contribution in [-0.2, 0) is 18.3 Å². The Bertz CT molecular complexity index is 930. The van der Waals surface area contributed by atoms with E-state index in [1.807, 2.05) is 0 Å². The van der Waals surface area contributed by atoms with Crippen molar-refractivity contribution in [3.8, 4) is 0 Å². The van der Waals surface area contributed by atoms with Crippen LogP contribution in [0.15, 0.2) is 9.53 Å². The van der Waals surface area contributed by atoms with Crippen LogP contribution in [-0.4, -0.2) is 49.5 Å². The highest BCUT2D eigenvalue weighted by Gasteiger charge is 2.50. The molecule has 0 saturated carbocycles. The number of aromatic amines is 1. The Labute approximate surface area is 141 Å². The van der Waals surface area contributed by atoms with Crippen molar-refractivity contribution in [2.45, 2.75) is 24.5 Å². The smallest absolute Gasteiger partial charge is 0.280 e. The summed E-state index contributed by atoms with van der Waals surface area (Å²) in [6.45, 7) is -0.292. The van der Waals surface area contributed by atoms with E-state index in [0.717, 1.165) is 0 Å². The molecule has 4 rings (SSSR count). The number of fused-ring (bicyclic) bond motifs is 2. The van der Waals surface area contributed by atoms with E-state index < -0.39 is 37.9 Å². The number of aliphatic hydroxyl groups excluding tert-OH is 1. The van der Waals surface area contributed by atoms with Gasteiger partial charge in [-0.1, -0.05) is 0 Å². The van der Waals surface area contributed by atoms with Gasteiger partial charge < -0.3 is 29.5 Å². The molecule has 0 aromatic carbocycles. The van der Waals surface area contributed by atoms with Crippen LogP contribution in [0.4, 0.5) is 5.95 Å². The average molecular weight is 423 g/mol. The molecule has 4 heterocycles. The van der Waals surface area contributed by atoms with Crippen LogP contribution in [0.3, 0.4) is 0 Å². The number of nitrogens with one attached hydrogen (secondary N) is 1. The van der Waals surface area contributed by atoms with Gasteiger partial charge in [0, 0.05) is 0 Å². The summed E-state index contributed by atoms with van der Waals surface area (Å²) in [6.07, 6.45) is -4.42. The number of halogens is 1. The summed E-state index contributed by atoms with van der Waals surface area (Å²) in [7, 11) is -4.49. The zero-order valence-corrected chi connectivity index (χ0v) is 14.1. The molecular formula is C10H10BrN5O7P-. The van der Waals surface area contributed by atoms with Crippen LogP contribution < -0.4 is 16.2 Å². The molecule has 4 N–H and O–H groups in total. The van der Waals surface area contributed by atoms with Crippen LogP contribution in [0, 0.1) is 0 Å². The molecule has 2 aliphatic heterocycles. The highest BCUT2D eigenvalue weighted by molar-refractivity contribution is 9.10. The lowest BCUT2D eigenvalue weighted by atomic mass is 10.1. The Balaban J connectivity index is 1.80. The van der Waals surface area contributed by atoms with Crippen molar-refractivity contribution >= 4 is 40.9 Å². The van der Waals surface area contributed by atoms with Crippen LogP contribution >= 0.6 is 23.8 Å². The number of imidazole rings is 1. The molecule has 2 aromatic heterocycles. The highest BCUT2D eigenvalue weighted by atomic mass is 79.9. The first-order valence-corrected chi connectivity index (χ1v) is 8.93. The number of nitrogens with two attached hydrogens (primary N) is 1. The zero-order valence-electron chi connectivity index (χ0n) is 11.7. The average Bonchev–Trinajstić information content (AvgIpc) is 2.96. The van der Waals surface area contributed by atoms with Crippen LogP contribution in [0.5, 0.6) is 0 Å². The molecule has 0 spiro atoms. The molecule has 12 nitrogen and oxygen atoms in total. The molecule has 1 unspecified atom stereocenters. The van der Waals surface area contributed by atoms with Crippen molar-refractivity contribution in [2.24, 2.45) is 0 Å². The maximum absolute atomic E-state index is 11.9. The van der Waals surface area contributed by atoms with Gasteiger partial charge in [0.2, 0.25) is 5.95 Å². The summed E-state index contributed by atoms with van der Waals surface area (Å²) >= 11 is 3.17. The standard InChI is InChI=1S/C10H11BrN5O7P/c11-9-13-3-6(14-10(12)15-7(3)18)16(9)8-4(17)5-2(22-8)1-21-24(19,20)23-5/h2,4-5,8,17H,1H2,(H,19,20)(H3,12,14,15,18)/p-1/t2-,4-,5+,8+/m0/s1. The van der Waals surface area contributed by atoms with E-state index in [4.69, 9.17) is 15.0 Å². The molecule has 2 aliphatic rings. The first kappa shape index (κ1) is 16.1. The van der Waals surface area contributed by atoms with Crippen molar-refractivity contribution in [1.82, 2.24) is 19.5 Å². The summed E-state index contributed by atoms with van der Waals surface area (Å²) in [5.41, 5.74) is 5.02. The van der Waals surface area contributed by atoms with Crippen molar-refractivity contribution < 1.29 is 28.3 Å². The van der Waals surface area contributed by atoms with E-state index in [9.17, 15) is 19.4 Å². The molecule has 2 aromatic rings. The van der Waals surface area contributed by atoms with Gasteiger partial charge in [0.05, 0.1) is 6.61 Å². The van der Waals surface area contributed by atoms with E-state index in [0.29, 0.717) is 0 Å². The fourth-order valence-electron chi connectivity index (χ4n) is 2.74. The van der Waals surface area contributed by atoms with Gasteiger partial charge in [-0.3, -0.25) is 18.9 Å². The third-order valence-corrected chi connectivity index (χ3v) is 5.26. The quantitative estimate of drug-likeness (QED) is 0.365. The minimum Gasteiger partial charge on any atom is -0.756 e. The lowest BCUT2D eigenvalue weighted by Gasteiger charge is -2.34. The van der Waals surface area contributed by atoms with E-state index in [1.54, 1.807) is 0 Å². The maximum Gasteiger partial charge on any atom is 0.280 e. The van der Waals surface area contributed by atoms with Gasteiger partial charge in [0.25, 0.3) is 13.4 Å². The van der Waals surface area contributed by atoms with Crippen LogP contribution in [0.25, 0.3) is 11.2 Å². The number of aliphatic hydroxyl groups is 1. The summed E-state index contributed by atoms with van der Waals surface area (Å²) in [6, 6.07) is 0. The topological polar surface area (TPSA) is 178 Å². The first-order valence-electron chi connectivity index (χ1n) is 6.67. The lowest BCUT2D eigenvalue weighted by molar-refractivity contribution is -0.245. The minimum absolute atomic E-state index is 0.0200. The van der Waals surface area contributed by atoms with Gasteiger partial charge >= 0.3 is 0 Å². The number of rotatable bonds is 1. The number of phosphoric acid groups is 1. The number of nitrogen functional groups attached to an aromatic ring is 1. The lowest BCUT2D eigenvalue weighted by Crippen LogP contribution is -2.41. The van der Waals surface area contributed by atoms with Gasteiger partial charge in [0.15, 0.2) is 22.1 Å². The molecule has 24 heavy (non-hydrogen) atoms. The maximum atomic E-state index is 11.9. The largest absolute Gasteiger partial charge is 0.756 e. The van der Waals surface area contributed by atoms with Crippen LogP contribution in [0.1, 0.15) is 6.23 Å². The number of phosphoric ester groups is 1. The molecule has 130 valence electrons. The molecule has 5 atom stereocenters. The van der Waals surface area contributed by atoms with Crippen molar-refractivity contribution in [3.63, 3.8) is 0 Å². The van der Waals surface area contributed by atoms with Gasteiger partial charge in [-0.2, -0.15) is 4.98 Å². The summed E-state index contributed by atoms with van der Waals surface area (Å²) in [5, 5.41) is 10.4. The van der Waals surface area contributed by atoms with Crippen molar-refractivity contribution in [3.05, 3.63) is 15.1 Å². The summed E-state index contributed by atoms with van der Waals surface area (Å²) < 4.78 is 27.8. The van der Waals surface area contributed by atoms with E-state index in [2.05, 4.69) is 35.4 Å². The number of H-pyrrole nitrogens is 1. The number of aromatic nitrogens is 4. The van der Waals surface area contributed by atoms with Crippen molar-refractivity contribution in [1.29, 1.82) is 0 Å². The van der Waals surface area contributed by atoms with Gasteiger partial charge in [-0.25, -0.2) is 4.98 Å². The normalized spacial score (nSPS) is 36.1. The number of ether oxygens (including phenoxy) is 1. The summed E-state index contributed by atoms with van der Waals surface area (Å²) in [4.78, 5) is 33.6. The molecule has 0 bridgehead atoms. The van der Waals surface area contributed by atoms with Crippen LogP contribution in [0.2, 0.25) is 0 Å². The Morgan fingerprint density at radius 2 is 2.25 bits per heavy atom. The fourth-order valence-corrected chi connectivity index (χ4v) is 4.24. The number of hydrogen-bond acceptors (Lipinski definition) is 10. The fraction of sp³-hybridized carbons (Fsp3) is 0.500. The Morgan fingerprint density at radius 3 is 3.00 bits per heavy atom. The minimum atomic E-state index is -4.49. The Morgan fingerprint density at radius 1 is 1.50 bits per heavy atom. The monoisotopic (exact) mass is 422 g/mol. The second-order valence-electron chi connectivity index (χ2n) is 5.24. The number of hydrogen-bond donors (Lipinski definition) is 3. The molecule has 0 amide bonds. The third-order valence-electron chi connectivity index (χ3n) is 3.74. The molecular weight excluding hydrogens is 413 g/mol. The highest BCUT2D eigenvalue weighted by Crippen LogP contribution is 2.50. The van der Waals surface area contributed by atoms with Gasteiger partial charge in [0.1, 0.15) is 18.3 Å². The summed E-state index contributed by atoms with van der Waals surface area (Å²) in [5.74, 6) is -0.144. The number of nitrogens with zero attached hydrogens (tertiary/aromatic N) is 3. The molecule has 0 aliphatic carbocycles. The SMILES string of the molecule is Nc1nc2c(nc(Br)n2[C@@H]2O[C@H]3COP(=O)([O-])O[C@H]3[C@@H]2O)c(=O)[nH]1. The predicted octanol–water partition coefficient (Wildman–Crippen LogP) is -1.39. The molecule has 14 heteroatoms. The molecule has 2 fully saturated rings. The Hall–Kier alpha value is -1.34. The van der Waals surface area contributed by atoms with E-state index >= 15 is 0 Å². The van der Waals surface area contributed by atoms with Gasteiger partial charge in [-0.15, -0.1) is 0 Å².